The number of hydrogen-bond donors (Lipinski definition) is 1. The molecule has 0 saturated carbocycles. The Bertz CT molecular complexity index is 821. The van der Waals surface area contributed by atoms with Gasteiger partial charge in [-0.15, -0.1) is 22.7 Å². The van der Waals surface area contributed by atoms with Gasteiger partial charge in [0.2, 0.25) is 0 Å². The molecular formula is C14H13ClN4OS2. The van der Waals surface area contributed by atoms with E-state index in [4.69, 9.17) is 11.6 Å². The second kappa shape index (κ2) is 6.20. The Morgan fingerprint density at radius 2 is 2.27 bits per heavy atom. The van der Waals surface area contributed by atoms with E-state index in [1.165, 1.54) is 22.7 Å². The summed E-state index contributed by atoms with van der Waals surface area (Å²) in [6.45, 7) is 4.46. The number of nitrogens with one attached hydrogen (secondary N) is 1. The average Bonchev–Trinajstić information content (AvgIpc) is 3.18. The van der Waals surface area contributed by atoms with Crippen LogP contribution in [0.4, 0.5) is 5.13 Å². The number of aromatic nitrogens is 3. The van der Waals surface area contributed by atoms with Crippen molar-refractivity contribution in [1.82, 2.24) is 14.8 Å². The zero-order chi connectivity index (χ0) is 15.7. The monoisotopic (exact) mass is 352 g/mol. The number of thiophene rings is 1. The summed E-state index contributed by atoms with van der Waals surface area (Å²) in [5, 5.41) is 9.56. The molecular weight excluding hydrogens is 340 g/mol. The third-order valence-corrected chi connectivity index (χ3v) is 5.00. The van der Waals surface area contributed by atoms with E-state index in [1.807, 2.05) is 31.4 Å². The first kappa shape index (κ1) is 15.2. The first-order valence-corrected chi connectivity index (χ1v) is 8.71. The third kappa shape index (κ3) is 3.06. The summed E-state index contributed by atoms with van der Waals surface area (Å²) in [6, 6.07) is 5.53. The molecule has 3 rings (SSSR count). The average molecular weight is 353 g/mol. The second-order valence-electron chi connectivity index (χ2n) is 4.58. The van der Waals surface area contributed by atoms with Crippen molar-refractivity contribution in [3.05, 3.63) is 39.3 Å². The van der Waals surface area contributed by atoms with Crippen molar-refractivity contribution in [2.45, 2.75) is 20.4 Å². The third-order valence-electron chi connectivity index (χ3n) is 2.98. The number of halogens is 1. The lowest BCUT2D eigenvalue weighted by Crippen LogP contribution is -2.17. The summed E-state index contributed by atoms with van der Waals surface area (Å²) in [6.07, 6.45) is 0. The van der Waals surface area contributed by atoms with Crippen LogP contribution >= 0.6 is 34.3 Å². The lowest BCUT2D eigenvalue weighted by molar-refractivity contribution is 0.101. The van der Waals surface area contributed by atoms with Crippen LogP contribution in [0.25, 0.3) is 10.6 Å². The molecule has 0 aliphatic heterocycles. The maximum absolute atomic E-state index is 12.3. The van der Waals surface area contributed by atoms with E-state index in [1.54, 1.807) is 10.7 Å². The van der Waals surface area contributed by atoms with E-state index >= 15 is 0 Å². The van der Waals surface area contributed by atoms with E-state index in [-0.39, 0.29) is 5.91 Å². The van der Waals surface area contributed by atoms with E-state index in [0.717, 1.165) is 20.6 Å². The highest BCUT2D eigenvalue weighted by Gasteiger charge is 2.15. The summed E-state index contributed by atoms with van der Waals surface area (Å²) in [5.74, 6) is -0.201. The van der Waals surface area contributed by atoms with Crippen LogP contribution in [0.2, 0.25) is 4.34 Å². The van der Waals surface area contributed by atoms with Crippen LogP contribution in [0.1, 0.15) is 23.1 Å². The van der Waals surface area contributed by atoms with Gasteiger partial charge in [0.1, 0.15) is 5.69 Å². The fourth-order valence-electron chi connectivity index (χ4n) is 2.03. The van der Waals surface area contributed by atoms with Crippen molar-refractivity contribution < 1.29 is 4.79 Å². The summed E-state index contributed by atoms with van der Waals surface area (Å²) >= 11 is 8.78. The van der Waals surface area contributed by atoms with Crippen molar-refractivity contribution in [3.63, 3.8) is 0 Å². The van der Waals surface area contributed by atoms with Gasteiger partial charge in [-0.25, -0.2) is 4.98 Å². The van der Waals surface area contributed by atoms with Gasteiger partial charge in [-0.1, -0.05) is 11.6 Å². The standard InChI is InChI=1S/C14H13ClN4OS2/c1-3-19-10(6-8(2)18-19)13(20)17-14-16-9(7-21-14)11-4-5-12(15)22-11/h4-7H,3H2,1-2H3,(H,16,17,20). The molecule has 0 saturated heterocycles. The van der Waals surface area contributed by atoms with Gasteiger partial charge < -0.3 is 0 Å². The Kier molecular flexibility index (Phi) is 4.28. The predicted octanol–water partition coefficient (Wildman–Crippen LogP) is 4.30. The number of amides is 1. The van der Waals surface area contributed by atoms with Crippen molar-refractivity contribution in [3.8, 4) is 10.6 Å². The maximum Gasteiger partial charge on any atom is 0.275 e. The molecule has 1 amide bonds. The van der Waals surface area contributed by atoms with Gasteiger partial charge in [0, 0.05) is 11.9 Å². The van der Waals surface area contributed by atoms with Crippen molar-refractivity contribution >= 4 is 45.3 Å². The van der Waals surface area contributed by atoms with E-state index in [0.29, 0.717) is 17.4 Å². The smallest absolute Gasteiger partial charge is 0.275 e. The number of nitrogens with zero attached hydrogens (tertiary/aromatic N) is 3. The Labute approximate surface area is 140 Å². The molecule has 0 bridgehead atoms. The van der Waals surface area contributed by atoms with E-state index in [9.17, 15) is 4.79 Å². The van der Waals surface area contributed by atoms with Gasteiger partial charge in [-0.2, -0.15) is 5.10 Å². The van der Waals surface area contributed by atoms with Gasteiger partial charge in [0.15, 0.2) is 5.13 Å². The summed E-state index contributed by atoms with van der Waals surface area (Å²) in [4.78, 5) is 17.7. The highest BCUT2D eigenvalue weighted by atomic mass is 35.5. The fraction of sp³-hybridized carbons (Fsp3) is 0.214. The fourth-order valence-corrected chi connectivity index (χ4v) is 3.81. The molecule has 3 heterocycles. The normalized spacial score (nSPS) is 10.9. The number of thiazole rings is 1. The lowest BCUT2D eigenvalue weighted by atomic mass is 10.3. The molecule has 0 aromatic carbocycles. The molecule has 0 unspecified atom stereocenters. The molecule has 8 heteroatoms. The molecule has 0 fully saturated rings. The molecule has 0 aliphatic carbocycles. The summed E-state index contributed by atoms with van der Waals surface area (Å²) in [5.41, 5.74) is 2.17. The lowest BCUT2D eigenvalue weighted by Gasteiger charge is -2.03. The second-order valence-corrected chi connectivity index (χ2v) is 7.16. The van der Waals surface area contributed by atoms with Crippen LogP contribution in [0.3, 0.4) is 0 Å². The molecule has 22 heavy (non-hydrogen) atoms. The van der Waals surface area contributed by atoms with Crippen LogP contribution in [0.5, 0.6) is 0 Å². The van der Waals surface area contributed by atoms with Crippen LogP contribution in [0.15, 0.2) is 23.6 Å². The van der Waals surface area contributed by atoms with Crippen LogP contribution in [0, 0.1) is 6.92 Å². The number of anilines is 1. The molecule has 0 radical (unpaired) electrons. The Balaban J connectivity index is 1.78. The van der Waals surface area contributed by atoms with E-state index in [2.05, 4.69) is 15.4 Å². The zero-order valence-electron chi connectivity index (χ0n) is 12.0. The molecule has 0 atom stereocenters. The predicted molar refractivity (Wildman–Crippen MR) is 91.0 cm³/mol. The van der Waals surface area contributed by atoms with Crippen molar-refractivity contribution in [1.29, 1.82) is 0 Å². The topological polar surface area (TPSA) is 59.8 Å². The Morgan fingerprint density at radius 3 is 2.95 bits per heavy atom. The molecule has 3 aromatic heterocycles. The number of aryl methyl sites for hydroxylation is 2. The minimum atomic E-state index is -0.201. The largest absolute Gasteiger partial charge is 0.296 e. The molecule has 1 N–H and O–H groups in total. The number of carbonyl (C=O) groups excluding carboxylic acids is 1. The molecule has 114 valence electrons. The Morgan fingerprint density at radius 1 is 1.45 bits per heavy atom. The van der Waals surface area contributed by atoms with Crippen LogP contribution < -0.4 is 5.32 Å². The van der Waals surface area contributed by atoms with Crippen LogP contribution in [-0.4, -0.2) is 20.7 Å². The van der Waals surface area contributed by atoms with Gasteiger partial charge in [-0.05, 0) is 32.0 Å². The van der Waals surface area contributed by atoms with Crippen molar-refractivity contribution in [2.24, 2.45) is 0 Å². The first-order chi connectivity index (χ1) is 10.6. The summed E-state index contributed by atoms with van der Waals surface area (Å²) < 4.78 is 2.40. The summed E-state index contributed by atoms with van der Waals surface area (Å²) in [7, 11) is 0. The van der Waals surface area contributed by atoms with Gasteiger partial charge in [0.25, 0.3) is 5.91 Å². The molecule has 5 nitrogen and oxygen atoms in total. The minimum Gasteiger partial charge on any atom is -0.296 e. The van der Waals surface area contributed by atoms with E-state index < -0.39 is 0 Å². The molecule has 0 spiro atoms. The van der Waals surface area contributed by atoms with Gasteiger partial charge in [-0.3, -0.25) is 14.8 Å². The van der Waals surface area contributed by atoms with Crippen LogP contribution in [-0.2, 0) is 6.54 Å². The SMILES string of the molecule is CCn1nc(C)cc1C(=O)Nc1nc(-c2ccc(Cl)s2)cs1. The van der Waals surface area contributed by atoms with Crippen molar-refractivity contribution in [2.75, 3.05) is 5.32 Å². The highest BCUT2D eigenvalue weighted by molar-refractivity contribution is 7.20. The number of carbonyl (C=O) groups is 1. The number of rotatable bonds is 4. The first-order valence-electron chi connectivity index (χ1n) is 6.64. The maximum atomic E-state index is 12.3. The highest BCUT2D eigenvalue weighted by Crippen LogP contribution is 2.32. The molecule has 3 aromatic rings. The molecule has 0 aliphatic rings. The zero-order valence-corrected chi connectivity index (χ0v) is 14.3. The minimum absolute atomic E-state index is 0.201. The number of hydrogen-bond acceptors (Lipinski definition) is 5. The Hall–Kier alpha value is -1.70. The van der Waals surface area contributed by atoms with Gasteiger partial charge >= 0.3 is 0 Å². The van der Waals surface area contributed by atoms with Gasteiger partial charge in [0.05, 0.1) is 20.6 Å². The quantitative estimate of drug-likeness (QED) is 0.761.